The first-order valence-electron chi connectivity index (χ1n) is 7.26. The molecule has 0 spiro atoms. The van der Waals surface area contributed by atoms with Crippen LogP contribution in [0.25, 0.3) is 0 Å². The summed E-state index contributed by atoms with van der Waals surface area (Å²) in [5.41, 5.74) is 2.97. The summed E-state index contributed by atoms with van der Waals surface area (Å²) < 4.78 is 31.0. The Balaban J connectivity index is 1.90. The zero-order valence-corrected chi connectivity index (χ0v) is 13.6. The molecule has 2 heterocycles. The fraction of sp³-hybridized carbons (Fsp3) is 0.375. The lowest BCUT2D eigenvalue weighted by atomic mass is 10.1. The largest absolute Gasteiger partial charge is 0.469 e. The van der Waals surface area contributed by atoms with Crippen LogP contribution in [-0.4, -0.2) is 32.7 Å². The highest BCUT2D eigenvalue weighted by molar-refractivity contribution is 7.92. The van der Waals surface area contributed by atoms with E-state index in [4.69, 9.17) is 4.42 Å². The van der Waals surface area contributed by atoms with Crippen LogP contribution in [0, 0.1) is 6.92 Å². The molecule has 0 bridgehead atoms. The van der Waals surface area contributed by atoms with Gasteiger partial charge in [-0.15, -0.1) is 0 Å². The number of sulfonamides is 1. The van der Waals surface area contributed by atoms with Gasteiger partial charge >= 0.3 is 0 Å². The van der Waals surface area contributed by atoms with Crippen LogP contribution in [0.1, 0.15) is 16.9 Å². The van der Waals surface area contributed by atoms with E-state index in [-0.39, 0.29) is 0 Å². The molecule has 0 fully saturated rings. The van der Waals surface area contributed by atoms with Crippen LogP contribution in [0.3, 0.4) is 0 Å². The standard InChI is InChI=1S/C16H20N2O3S/c1-13-14(7-10-21-13)11-17-8-9-18(22(2,19)20)16-6-4-3-5-15(16)12-17/h3-7,10H,8-9,11-12H2,1-2H3. The van der Waals surface area contributed by atoms with E-state index in [0.29, 0.717) is 13.1 Å². The van der Waals surface area contributed by atoms with Crippen molar-refractivity contribution in [1.82, 2.24) is 4.90 Å². The number of benzene rings is 1. The first-order chi connectivity index (χ1) is 10.4. The van der Waals surface area contributed by atoms with Crippen molar-refractivity contribution in [3.63, 3.8) is 0 Å². The van der Waals surface area contributed by atoms with E-state index in [9.17, 15) is 8.42 Å². The molecule has 118 valence electrons. The van der Waals surface area contributed by atoms with Crippen molar-refractivity contribution in [2.75, 3.05) is 23.7 Å². The van der Waals surface area contributed by atoms with E-state index in [0.717, 1.165) is 35.7 Å². The van der Waals surface area contributed by atoms with Crippen LogP contribution < -0.4 is 4.31 Å². The van der Waals surface area contributed by atoms with Crippen molar-refractivity contribution in [1.29, 1.82) is 0 Å². The Hall–Kier alpha value is -1.79. The molecule has 6 heteroatoms. The van der Waals surface area contributed by atoms with E-state index >= 15 is 0 Å². The lowest BCUT2D eigenvalue weighted by molar-refractivity contribution is 0.268. The fourth-order valence-electron chi connectivity index (χ4n) is 2.86. The molecule has 0 saturated carbocycles. The SMILES string of the molecule is Cc1occc1CN1CCN(S(C)(=O)=O)c2ccccc2C1. The Morgan fingerprint density at radius 2 is 1.95 bits per heavy atom. The molecule has 1 aromatic carbocycles. The van der Waals surface area contributed by atoms with Gasteiger partial charge in [0.1, 0.15) is 5.76 Å². The number of aryl methyl sites for hydroxylation is 1. The van der Waals surface area contributed by atoms with Gasteiger partial charge in [0.2, 0.25) is 10.0 Å². The van der Waals surface area contributed by atoms with E-state index in [2.05, 4.69) is 4.90 Å². The van der Waals surface area contributed by atoms with Gasteiger partial charge in [0, 0.05) is 31.7 Å². The second-order valence-corrected chi connectivity index (χ2v) is 7.58. The number of nitrogens with zero attached hydrogens (tertiary/aromatic N) is 2. The summed E-state index contributed by atoms with van der Waals surface area (Å²) in [4.78, 5) is 2.25. The molecule has 0 radical (unpaired) electrons. The summed E-state index contributed by atoms with van der Waals surface area (Å²) in [7, 11) is -3.27. The Labute approximate surface area is 131 Å². The topological polar surface area (TPSA) is 53.8 Å². The summed E-state index contributed by atoms with van der Waals surface area (Å²) in [6, 6.07) is 9.68. The summed E-state index contributed by atoms with van der Waals surface area (Å²) in [5.74, 6) is 0.914. The zero-order valence-electron chi connectivity index (χ0n) is 12.8. The normalized spacial score (nSPS) is 16.4. The minimum atomic E-state index is -3.27. The van der Waals surface area contributed by atoms with E-state index in [1.807, 2.05) is 37.3 Å². The van der Waals surface area contributed by atoms with Crippen molar-refractivity contribution in [3.05, 3.63) is 53.5 Å². The molecule has 3 rings (SSSR count). The Kier molecular flexibility index (Phi) is 3.97. The van der Waals surface area contributed by atoms with Crippen LogP contribution in [-0.2, 0) is 23.1 Å². The molecule has 1 aliphatic heterocycles. The first-order valence-corrected chi connectivity index (χ1v) is 9.11. The van der Waals surface area contributed by atoms with Gasteiger partial charge in [0.15, 0.2) is 0 Å². The van der Waals surface area contributed by atoms with Gasteiger partial charge in [-0.2, -0.15) is 0 Å². The molecule has 0 aliphatic carbocycles. The summed E-state index contributed by atoms with van der Waals surface area (Å²) in [6.07, 6.45) is 2.96. The fourth-order valence-corrected chi connectivity index (χ4v) is 3.80. The van der Waals surface area contributed by atoms with Gasteiger partial charge in [-0.1, -0.05) is 18.2 Å². The van der Waals surface area contributed by atoms with Crippen molar-refractivity contribution >= 4 is 15.7 Å². The van der Waals surface area contributed by atoms with Gasteiger partial charge in [-0.3, -0.25) is 9.21 Å². The number of rotatable bonds is 3. The molecule has 0 N–H and O–H groups in total. The Morgan fingerprint density at radius 3 is 2.64 bits per heavy atom. The third-order valence-electron chi connectivity index (χ3n) is 4.03. The minimum absolute atomic E-state index is 0.465. The third-order valence-corrected chi connectivity index (χ3v) is 5.21. The summed E-state index contributed by atoms with van der Waals surface area (Å²) in [5, 5.41) is 0. The number of furan rings is 1. The Bertz CT molecular complexity index is 767. The molecule has 0 atom stereocenters. The molecule has 0 amide bonds. The highest BCUT2D eigenvalue weighted by Crippen LogP contribution is 2.27. The zero-order chi connectivity index (χ0) is 15.7. The number of para-hydroxylation sites is 1. The number of anilines is 1. The average Bonchev–Trinajstić information content (AvgIpc) is 2.75. The monoisotopic (exact) mass is 320 g/mol. The van der Waals surface area contributed by atoms with E-state index in [1.54, 1.807) is 6.26 Å². The third kappa shape index (κ3) is 3.03. The lowest BCUT2D eigenvalue weighted by Crippen LogP contribution is -2.35. The second-order valence-electron chi connectivity index (χ2n) is 5.68. The van der Waals surface area contributed by atoms with Crippen molar-refractivity contribution in [3.8, 4) is 0 Å². The first kappa shape index (κ1) is 15.1. The van der Waals surface area contributed by atoms with Gasteiger partial charge in [-0.05, 0) is 24.6 Å². The highest BCUT2D eigenvalue weighted by Gasteiger charge is 2.25. The lowest BCUT2D eigenvalue weighted by Gasteiger charge is -2.22. The average molecular weight is 320 g/mol. The molecular weight excluding hydrogens is 300 g/mol. The second kappa shape index (κ2) is 5.78. The molecule has 1 aromatic heterocycles. The molecular formula is C16H20N2O3S. The maximum absolute atomic E-state index is 12.1. The maximum atomic E-state index is 12.1. The molecule has 5 nitrogen and oxygen atoms in total. The van der Waals surface area contributed by atoms with Crippen LogP contribution in [0.2, 0.25) is 0 Å². The number of fused-ring (bicyclic) bond motifs is 1. The van der Waals surface area contributed by atoms with Crippen LogP contribution in [0.5, 0.6) is 0 Å². The van der Waals surface area contributed by atoms with E-state index < -0.39 is 10.0 Å². The molecule has 0 saturated heterocycles. The van der Waals surface area contributed by atoms with Crippen molar-refractivity contribution in [2.24, 2.45) is 0 Å². The maximum Gasteiger partial charge on any atom is 0.232 e. The predicted molar refractivity (Wildman–Crippen MR) is 86.2 cm³/mol. The van der Waals surface area contributed by atoms with Gasteiger partial charge in [0.05, 0.1) is 18.2 Å². The Morgan fingerprint density at radius 1 is 1.18 bits per heavy atom. The van der Waals surface area contributed by atoms with Crippen LogP contribution in [0.15, 0.2) is 41.0 Å². The number of hydrogen-bond acceptors (Lipinski definition) is 4. The molecule has 0 unspecified atom stereocenters. The summed E-state index contributed by atoms with van der Waals surface area (Å²) >= 11 is 0. The highest BCUT2D eigenvalue weighted by atomic mass is 32.2. The minimum Gasteiger partial charge on any atom is -0.469 e. The quantitative estimate of drug-likeness (QED) is 0.871. The predicted octanol–water partition coefficient (Wildman–Crippen LogP) is 2.37. The van der Waals surface area contributed by atoms with Gasteiger partial charge in [0.25, 0.3) is 0 Å². The van der Waals surface area contributed by atoms with Crippen LogP contribution >= 0.6 is 0 Å². The van der Waals surface area contributed by atoms with Gasteiger partial charge < -0.3 is 4.42 Å². The molecule has 22 heavy (non-hydrogen) atoms. The number of hydrogen-bond donors (Lipinski definition) is 0. The van der Waals surface area contributed by atoms with Crippen molar-refractivity contribution in [2.45, 2.75) is 20.0 Å². The van der Waals surface area contributed by atoms with Crippen molar-refractivity contribution < 1.29 is 12.8 Å². The van der Waals surface area contributed by atoms with E-state index in [1.165, 1.54) is 10.6 Å². The molecule has 2 aromatic rings. The molecule has 1 aliphatic rings. The van der Waals surface area contributed by atoms with Crippen LogP contribution in [0.4, 0.5) is 5.69 Å². The van der Waals surface area contributed by atoms with Gasteiger partial charge in [-0.25, -0.2) is 8.42 Å². The smallest absolute Gasteiger partial charge is 0.232 e. The summed E-state index contributed by atoms with van der Waals surface area (Å²) in [6.45, 7) is 4.59.